The minimum absolute atomic E-state index is 0.0565. The molecule has 1 aromatic heterocycles. The van der Waals surface area contributed by atoms with E-state index in [0.29, 0.717) is 30.5 Å². The maximum absolute atomic E-state index is 11.9. The molecule has 0 radical (unpaired) electrons. The van der Waals surface area contributed by atoms with Crippen molar-refractivity contribution < 1.29 is 19.1 Å². The summed E-state index contributed by atoms with van der Waals surface area (Å²) in [6.45, 7) is 4.75. The van der Waals surface area contributed by atoms with Gasteiger partial charge in [0.1, 0.15) is 22.8 Å². The molecular weight excluding hydrogens is 434 g/mol. The number of hydrogen-bond donors (Lipinski definition) is 2. The van der Waals surface area contributed by atoms with Gasteiger partial charge in [0.2, 0.25) is 17.7 Å². The van der Waals surface area contributed by atoms with Crippen molar-refractivity contribution in [3.8, 4) is 23.1 Å². The molecule has 0 unspecified atom stereocenters. The molecule has 1 aliphatic heterocycles. The van der Waals surface area contributed by atoms with Crippen LogP contribution < -0.4 is 20.5 Å². The van der Waals surface area contributed by atoms with Gasteiger partial charge in [-0.1, -0.05) is 24.8 Å². The summed E-state index contributed by atoms with van der Waals surface area (Å²) in [5, 5.41) is 3.25. The highest BCUT2D eigenvalue weighted by atomic mass is 16.5. The average Bonchev–Trinajstić information content (AvgIpc) is 2.86. The Morgan fingerprint density at radius 3 is 2.24 bits per heavy atom. The third-order valence-corrected chi connectivity index (χ3v) is 5.35. The van der Waals surface area contributed by atoms with Crippen LogP contribution in [0.4, 0.5) is 5.95 Å². The highest BCUT2D eigenvalue weighted by Crippen LogP contribution is 2.28. The second kappa shape index (κ2) is 10.5. The van der Waals surface area contributed by atoms with Crippen LogP contribution in [-0.2, 0) is 4.79 Å². The molecule has 1 fully saturated rings. The summed E-state index contributed by atoms with van der Waals surface area (Å²) >= 11 is 0. The number of rotatable bonds is 8. The summed E-state index contributed by atoms with van der Waals surface area (Å²) in [5.41, 5.74) is 5.56. The van der Waals surface area contributed by atoms with Gasteiger partial charge in [-0.2, -0.15) is 4.98 Å². The predicted octanol–water partition coefficient (Wildman–Crippen LogP) is 3.75. The van der Waals surface area contributed by atoms with Crippen molar-refractivity contribution in [3.05, 3.63) is 79.0 Å². The summed E-state index contributed by atoms with van der Waals surface area (Å²) in [6, 6.07) is 16.4. The molecule has 2 amide bonds. The quantitative estimate of drug-likeness (QED) is 0.492. The number of nitrogens with one attached hydrogen (secondary N) is 1. The van der Waals surface area contributed by atoms with Crippen LogP contribution in [0.25, 0.3) is 0 Å². The molecule has 174 valence electrons. The van der Waals surface area contributed by atoms with Gasteiger partial charge in [-0.15, -0.1) is 0 Å². The Labute approximate surface area is 197 Å². The number of amides is 2. The molecule has 0 aliphatic carbocycles. The Bertz CT molecular complexity index is 1160. The second-order valence-corrected chi connectivity index (χ2v) is 7.71. The number of carbonyl (C=O) groups excluding carboxylic acids is 2. The lowest BCUT2D eigenvalue weighted by Crippen LogP contribution is -2.41. The van der Waals surface area contributed by atoms with Crippen LogP contribution in [0.1, 0.15) is 23.2 Å². The Hall–Kier alpha value is -4.40. The van der Waals surface area contributed by atoms with Gasteiger partial charge < -0.3 is 25.4 Å². The first-order chi connectivity index (χ1) is 16.5. The molecule has 1 aliphatic rings. The lowest BCUT2D eigenvalue weighted by molar-refractivity contribution is -0.126. The number of para-hydroxylation sites is 1. The van der Waals surface area contributed by atoms with Crippen LogP contribution >= 0.6 is 0 Å². The standard InChI is InChI=1S/C25H25N5O4/c1-2-22(31)30-14-12-17(13-15-30)28-25-27-16-21(23(26)32)24(29-25)34-20-10-8-19(9-11-20)33-18-6-4-3-5-7-18/h2-11,16-17H,1,12-15H2,(H2,26,32)(H,27,28,29). The van der Waals surface area contributed by atoms with Gasteiger partial charge in [0.05, 0.1) is 0 Å². The average molecular weight is 460 g/mol. The molecule has 0 spiro atoms. The number of piperidine rings is 1. The fourth-order valence-corrected chi connectivity index (χ4v) is 3.55. The number of carbonyl (C=O) groups is 2. The van der Waals surface area contributed by atoms with Crippen LogP contribution in [0.3, 0.4) is 0 Å². The smallest absolute Gasteiger partial charge is 0.255 e. The van der Waals surface area contributed by atoms with Gasteiger partial charge in [-0.25, -0.2) is 4.98 Å². The lowest BCUT2D eigenvalue weighted by Gasteiger charge is -2.31. The molecule has 4 rings (SSSR count). The van der Waals surface area contributed by atoms with Crippen molar-refractivity contribution in [3.63, 3.8) is 0 Å². The fraction of sp³-hybridized carbons (Fsp3) is 0.200. The second-order valence-electron chi connectivity index (χ2n) is 7.71. The van der Waals surface area contributed by atoms with E-state index in [-0.39, 0.29) is 23.4 Å². The Morgan fingerprint density at radius 1 is 1.00 bits per heavy atom. The van der Waals surface area contributed by atoms with Gasteiger partial charge in [0, 0.05) is 25.3 Å². The summed E-state index contributed by atoms with van der Waals surface area (Å²) in [7, 11) is 0. The summed E-state index contributed by atoms with van der Waals surface area (Å²) in [5.74, 6) is 1.43. The van der Waals surface area contributed by atoms with E-state index in [4.69, 9.17) is 15.2 Å². The molecule has 0 atom stereocenters. The first kappa shape index (κ1) is 22.8. The van der Waals surface area contributed by atoms with E-state index in [2.05, 4.69) is 21.9 Å². The number of aromatic nitrogens is 2. The molecule has 34 heavy (non-hydrogen) atoms. The lowest BCUT2D eigenvalue weighted by atomic mass is 10.1. The number of benzene rings is 2. The molecule has 2 aromatic carbocycles. The number of hydrogen-bond acceptors (Lipinski definition) is 7. The molecule has 9 heteroatoms. The predicted molar refractivity (Wildman–Crippen MR) is 127 cm³/mol. The molecule has 3 aromatic rings. The normalized spacial score (nSPS) is 13.7. The van der Waals surface area contributed by atoms with E-state index in [1.165, 1.54) is 12.3 Å². The third kappa shape index (κ3) is 5.69. The SMILES string of the molecule is C=CC(=O)N1CCC(Nc2ncc(C(N)=O)c(Oc3ccc(Oc4ccccc4)cc3)n2)CC1. The number of anilines is 1. The Kier molecular flexibility index (Phi) is 7.02. The van der Waals surface area contributed by atoms with Crippen molar-refractivity contribution in [2.24, 2.45) is 5.73 Å². The van der Waals surface area contributed by atoms with Gasteiger partial charge >= 0.3 is 0 Å². The summed E-state index contributed by atoms with van der Waals surface area (Å²) in [4.78, 5) is 34.0. The number of ether oxygens (including phenoxy) is 2. The maximum Gasteiger partial charge on any atom is 0.255 e. The largest absolute Gasteiger partial charge is 0.457 e. The van der Waals surface area contributed by atoms with Crippen LogP contribution in [0, 0.1) is 0 Å². The zero-order valence-electron chi connectivity index (χ0n) is 18.5. The molecule has 0 saturated carbocycles. The molecule has 9 nitrogen and oxygen atoms in total. The topological polar surface area (TPSA) is 120 Å². The van der Waals surface area contributed by atoms with E-state index in [1.807, 2.05) is 30.3 Å². The summed E-state index contributed by atoms with van der Waals surface area (Å²) in [6.07, 6.45) is 4.14. The van der Waals surface area contributed by atoms with E-state index in [9.17, 15) is 9.59 Å². The molecular formula is C25H25N5O4. The highest BCUT2D eigenvalue weighted by molar-refractivity contribution is 5.95. The third-order valence-electron chi connectivity index (χ3n) is 5.35. The van der Waals surface area contributed by atoms with E-state index in [1.54, 1.807) is 29.2 Å². The van der Waals surface area contributed by atoms with Crippen molar-refractivity contribution in [1.29, 1.82) is 0 Å². The van der Waals surface area contributed by atoms with Gasteiger partial charge in [-0.3, -0.25) is 9.59 Å². The first-order valence-electron chi connectivity index (χ1n) is 10.9. The first-order valence-corrected chi connectivity index (χ1v) is 10.9. The molecule has 2 heterocycles. The van der Waals surface area contributed by atoms with Crippen molar-refractivity contribution in [2.75, 3.05) is 18.4 Å². The maximum atomic E-state index is 11.9. The number of likely N-dealkylation sites (tertiary alicyclic amines) is 1. The van der Waals surface area contributed by atoms with Gasteiger partial charge in [0.15, 0.2) is 0 Å². The van der Waals surface area contributed by atoms with Crippen molar-refractivity contribution in [1.82, 2.24) is 14.9 Å². The van der Waals surface area contributed by atoms with Crippen LogP contribution in [0.2, 0.25) is 0 Å². The Balaban J connectivity index is 1.43. The number of primary amides is 1. The van der Waals surface area contributed by atoms with Crippen LogP contribution in [-0.4, -0.2) is 45.8 Å². The van der Waals surface area contributed by atoms with Gasteiger partial charge in [-0.05, 0) is 55.3 Å². The minimum Gasteiger partial charge on any atom is -0.457 e. The van der Waals surface area contributed by atoms with Crippen molar-refractivity contribution in [2.45, 2.75) is 18.9 Å². The number of nitrogens with zero attached hydrogens (tertiary/aromatic N) is 3. The molecule has 1 saturated heterocycles. The zero-order valence-corrected chi connectivity index (χ0v) is 18.5. The molecule has 3 N–H and O–H groups in total. The highest BCUT2D eigenvalue weighted by Gasteiger charge is 2.23. The van der Waals surface area contributed by atoms with Crippen LogP contribution in [0.15, 0.2) is 73.4 Å². The minimum atomic E-state index is -0.693. The van der Waals surface area contributed by atoms with E-state index >= 15 is 0 Å². The molecule has 0 bridgehead atoms. The fourth-order valence-electron chi connectivity index (χ4n) is 3.55. The zero-order chi connectivity index (χ0) is 23.9. The van der Waals surface area contributed by atoms with Crippen molar-refractivity contribution >= 4 is 17.8 Å². The van der Waals surface area contributed by atoms with Crippen LogP contribution in [0.5, 0.6) is 23.1 Å². The Morgan fingerprint density at radius 2 is 1.62 bits per heavy atom. The monoisotopic (exact) mass is 459 g/mol. The van der Waals surface area contributed by atoms with E-state index in [0.717, 1.165) is 18.6 Å². The summed E-state index contributed by atoms with van der Waals surface area (Å²) < 4.78 is 11.6. The van der Waals surface area contributed by atoms with Gasteiger partial charge in [0.25, 0.3) is 5.91 Å². The van der Waals surface area contributed by atoms with E-state index < -0.39 is 5.91 Å². The number of nitrogens with two attached hydrogens (primary N) is 1.